The van der Waals surface area contributed by atoms with Gasteiger partial charge in [-0.05, 0) is 24.8 Å². The minimum Gasteiger partial charge on any atom is -0.383 e. The van der Waals surface area contributed by atoms with Gasteiger partial charge in [0.1, 0.15) is 0 Å². The van der Waals surface area contributed by atoms with Gasteiger partial charge in [-0.15, -0.1) is 11.3 Å². The molecule has 0 amide bonds. The van der Waals surface area contributed by atoms with Crippen LogP contribution in [-0.2, 0) is 17.7 Å². The monoisotopic (exact) mass is 265 g/mol. The lowest BCUT2D eigenvalue weighted by Gasteiger charge is -2.15. The predicted octanol–water partition coefficient (Wildman–Crippen LogP) is 2.63. The van der Waals surface area contributed by atoms with Gasteiger partial charge in [0, 0.05) is 37.0 Å². The Bertz CT molecular complexity index is 453. The number of methoxy groups -OCH3 is 1. The van der Waals surface area contributed by atoms with Crippen LogP contribution in [0.15, 0.2) is 29.9 Å². The van der Waals surface area contributed by atoms with Crippen molar-refractivity contribution in [3.8, 4) is 0 Å². The molecule has 2 aromatic rings. The first-order chi connectivity index (χ1) is 8.79. The molecule has 0 spiro atoms. The highest BCUT2D eigenvalue weighted by atomic mass is 32.1. The highest BCUT2D eigenvalue weighted by molar-refractivity contribution is 7.09. The van der Waals surface area contributed by atoms with E-state index in [0.29, 0.717) is 6.61 Å². The summed E-state index contributed by atoms with van der Waals surface area (Å²) in [6.07, 6.45) is 4.88. The molecule has 4 nitrogen and oxygen atoms in total. The fourth-order valence-electron chi connectivity index (χ4n) is 1.83. The molecule has 0 bridgehead atoms. The van der Waals surface area contributed by atoms with Gasteiger partial charge in [0.05, 0.1) is 6.61 Å². The van der Waals surface area contributed by atoms with Gasteiger partial charge in [-0.2, -0.15) is 0 Å². The first-order valence-electron chi connectivity index (χ1n) is 6.08. The number of hydrogen-bond acceptors (Lipinski definition) is 4. The number of aromatic nitrogens is 2. The standard InChI is InChI=1S/C13H19N3OS/c1-11(10-17-2)15-13-14-6-8-16(13)7-5-12-4-3-9-18-12/h3-4,6,8-9,11H,5,7,10H2,1-2H3,(H,14,15). The van der Waals surface area contributed by atoms with Crippen molar-refractivity contribution in [2.45, 2.75) is 25.9 Å². The van der Waals surface area contributed by atoms with Crippen molar-refractivity contribution in [1.82, 2.24) is 9.55 Å². The largest absolute Gasteiger partial charge is 0.383 e. The molecule has 0 radical (unpaired) electrons. The number of imidazole rings is 1. The summed E-state index contributed by atoms with van der Waals surface area (Å²) >= 11 is 1.80. The van der Waals surface area contributed by atoms with Crippen LogP contribution in [0.5, 0.6) is 0 Å². The second-order valence-electron chi connectivity index (χ2n) is 4.27. The number of anilines is 1. The zero-order valence-electron chi connectivity index (χ0n) is 10.8. The maximum absolute atomic E-state index is 5.11. The quantitative estimate of drug-likeness (QED) is 0.836. The zero-order valence-corrected chi connectivity index (χ0v) is 11.6. The van der Waals surface area contributed by atoms with E-state index in [2.05, 4.69) is 39.3 Å². The smallest absolute Gasteiger partial charge is 0.203 e. The molecule has 0 aliphatic rings. The van der Waals surface area contributed by atoms with Crippen LogP contribution in [-0.4, -0.2) is 29.3 Å². The van der Waals surface area contributed by atoms with Gasteiger partial charge in [-0.1, -0.05) is 6.07 Å². The Morgan fingerprint density at radius 2 is 2.44 bits per heavy atom. The average Bonchev–Trinajstić information content (AvgIpc) is 2.97. The molecule has 5 heteroatoms. The molecule has 0 aliphatic carbocycles. The van der Waals surface area contributed by atoms with Crippen LogP contribution in [0.25, 0.3) is 0 Å². The lowest BCUT2D eigenvalue weighted by molar-refractivity contribution is 0.190. The van der Waals surface area contributed by atoms with E-state index >= 15 is 0 Å². The summed E-state index contributed by atoms with van der Waals surface area (Å²) < 4.78 is 7.26. The number of ether oxygens (including phenoxy) is 1. The lowest BCUT2D eigenvalue weighted by atomic mass is 10.3. The van der Waals surface area contributed by atoms with Gasteiger partial charge in [-0.3, -0.25) is 0 Å². The fourth-order valence-corrected chi connectivity index (χ4v) is 2.53. The van der Waals surface area contributed by atoms with Crippen LogP contribution in [0.2, 0.25) is 0 Å². The number of aryl methyl sites for hydroxylation is 2. The molecule has 1 N–H and O–H groups in total. The molecule has 0 saturated heterocycles. The van der Waals surface area contributed by atoms with E-state index in [4.69, 9.17) is 4.74 Å². The van der Waals surface area contributed by atoms with Crippen molar-refractivity contribution >= 4 is 17.3 Å². The number of thiophene rings is 1. The number of rotatable bonds is 7. The summed E-state index contributed by atoms with van der Waals surface area (Å²) in [5, 5.41) is 5.47. The molecule has 1 unspecified atom stereocenters. The molecule has 2 rings (SSSR count). The van der Waals surface area contributed by atoms with E-state index in [1.807, 2.05) is 12.4 Å². The van der Waals surface area contributed by atoms with Gasteiger partial charge in [-0.25, -0.2) is 4.98 Å². The second-order valence-corrected chi connectivity index (χ2v) is 5.31. The molecule has 0 aromatic carbocycles. The highest BCUT2D eigenvalue weighted by Gasteiger charge is 2.07. The molecule has 2 heterocycles. The minimum absolute atomic E-state index is 0.262. The summed E-state index contributed by atoms with van der Waals surface area (Å²) in [6.45, 7) is 3.71. The zero-order chi connectivity index (χ0) is 12.8. The second kappa shape index (κ2) is 6.56. The first-order valence-corrected chi connectivity index (χ1v) is 6.96. The molecular weight excluding hydrogens is 246 g/mol. The molecular formula is C13H19N3OS. The third-order valence-corrected chi connectivity index (χ3v) is 3.62. The number of hydrogen-bond donors (Lipinski definition) is 1. The van der Waals surface area contributed by atoms with E-state index in [0.717, 1.165) is 18.9 Å². The molecule has 1 atom stereocenters. The Balaban J connectivity index is 1.91. The summed E-state index contributed by atoms with van der Waals surface area (Å²) in [5.41, 5.74) is 0. The average molecular weight is 265 g/mol. The van der Waals surface area contributed by atoms with Gasteiger partial charge in [0.25, 0.3) is 0 Å². The Labute approximate surface area is 112 Å². The third-order valence-electron chi connectivity index (χ3n) is 2.69. The van der Waals surface area contributed by atoms with Crippen molar-refractivity contribution in [1.29, 1.82) is 0 Å². The van der Waals surface area contributed by atoms with Crippen LogP contribution in [0.3, 0.4) is 0 Å². The molecule has 0 fully saturated rings. The summed E-state index contributed by atoms with van der Waals surface area (Å²) in [4.78, 5) is 5.74. The molecule has 2 aromatic heterocycles. The van der Waals surface area contributed by atoms with Crippen LogP contribution >= 0.6 is 11.3 Å². The van der Waals surface area contributed by atoms with Crippen molar-refractivity contribution in [2.75, 3.05) is 19.0 Å². The normalized spacial score (nSPS) is 12.6. The number of nitrogens with zero attached hydrogens (tertiary/aromatic N) is 2. The number of nitrogens with one attached hydrogen (secondary N) is 1. The van der Waals surface area contributed by atoms with E-state index in [-0.39, 0.29) is 6.04 Å². The minimum atomic E-state index is 0.262. The van der Waals surface area contributed by atoms with E-state index in [1.165, 1.54) is 4.88 Å². The maximum atomic E-state index is 5.11. The summed E-state index contributed by atoms with van der Waals surface area (Å²) in [5.74, 6) is 0.913. The highest BCUT2D eigenvalue weighted by Crippen LogP contribution is 2.12. The SMILES string of the molecule is COCC(C)Nc1nccn1CCc1cccs1. The van der Waals surface area contributed by atoms with Crippen LogP contribution < -0.4 is 5.32 Å². The Kier molecular flexibility index (Phi) is 4.78. The summed E-state index contributed by atoms with van der Waals surface area (Å²) in [6, 6.07) is 4.52. The van der Waals surface area contributed by atoms with Gasteiger partial charge in [0.2, 0.25) is 5.95 Å². The lowest BCUT2D eigenvalue weighted by Crippen LogP contribution is -2.23. The Morgan fingerprint density at radius 1 is 1.56 bits per heavy atom. The third kappa shape index (κ3) is 3.58. The molecule has 0 aliphatic heterocycles. The molecule has 18 heavy (non-hydrogen) atoms. The fraction of sp³-hybridized carbons (Fsp3) is 0.462. The Morgan fingerprint density at radius 3 is 3.17 bits per heavy atom. The molecule has 98 valence electrons. The predicted molar refractivity (Wildman–Crippen MR) is 75.2 cm³/mol. The van der Waals surface area contributed by atoms with Crippen molar-refractivity contribution in [2.24, 2.45) is 0 Å². The van der Waals surface area contributed by atoms with E-state index < -0.39 is 0 Å². The van der Waals surface area contributed by atoms with Gasteiger partial charge >= 0.3 is 0 Å². The maximum Gasteiger partial charge on any atom is 0.203 e. The van der Waals surface area contributed by atoms with Crippen LogP contribution in [0.1, 0.15) is 11.8 Å². The van der Waals surface area contributed by atoms with Crippen molar-refractivity contribution in [3.05, 3.63) is 34.8 Å². The van der Waals surface area contributed by atoms with Gasteiger partial charge < -0.3 is 14.6 Å². The van der Waals surface area contributed by atoms with E-state index in [9.17, 15) is 0 Å². The Hall–Kier alpha value is -1.33. The first kappa shape index (κ1) is 13.1. The van der Waals surface area contributed by atoms with Crippen molar-refractivity contribution < 1.29 is 4.74 Å². The van der Waals surface area contributed by atoms with Crippen LogP contribution in [0.4, 0.5) is 5.95 Å². The van der Waals surface area contributed by atoms with Gasteiger partial charge in [0.15, 0.2) is 0 Å². The topological polar surface area (TPSA) is 39.1 Å². The van der Waals surface area contributed by atoms with Crippen LogP contribution in [0, 0.1) is 0 Å². The summed E-state index contributed by atoms with van der Waals surface area (Å²) in [7, 11) is 1.71. The molecule has 0 saturated carbocycles. The van der Waals surface area contributed by atoms with Crippen molar-refractivity contribution in [3.63, 3.8) is 0 Å². The van der Waals surface area contributed by atoms with E-state index in [1.54, 1.807) is 18.4 Å².